The normalized spacial score (nSPS) is 13.1. The maximum absolute atomic E-state index is 10.3. The van der Waals surface area contributed by atoms with Gasteiger partial charge >= 0.3 is 0 Å². The van der Waals surface area contributed by atoms with Crippen molar-refractivity contribution in [1.82, 2.24) is 15.2 Å². The Bertz CT molecular complexity index is 414. The molecule has 0 radical (unpaired) electrons. The van der Waals surface area contributed by atoms with Crippen molar-refractivity contribution < 1.29 is 14.3 Å². The Kier molecular flexibility index (Phi) is 17.8. The lowest BCUT2D eigenvalue weighted by molar-refractivity contribution is 0.111. The molecule has 2 heterocycles. The summed E-state index contributed by atoms with van der Waals surface area (Å²) in [6.45, 7) is 10.7. The minimum atomic E-state index is 0.366. The molecule has 0 bridgehead atoms. The van der Waals surface area contributed by atoms with Crippen LogP contribution in [0.2, 0.25) is 0 Å². The highest BCUT2D eigenvalue weighted by molar-refractivity contribution is 9.10. The van der Waals surface area contributed by atoms with Crippen LogP contribution in [0.15, 0.2) is 29.8 Å². The summed E-state index contributed by atoms with van der Waals surface area (Å²) in [5.41, 5.74) is 0.366. The van der Waals surface area contributed by atoms with Crippen molar-refractivity contribution >= 4 is 22.2 Å². The molecule has 0 saturated carbocycles. The first kappa shape index (κ1) is 24.0. The third kappa shape index (κ3) is 12.9. The van der Waals surface area contributed by atoms with Crippen LogP contribution < -0.4 is 10.1 Å². The summed E-state index contributed by atoms with van der Waals surface area (Å²) in [4.78, 5) is 16.5. The molecule has 0 unspecified atom stereocenters. The van der Waals surface area contributed by atoms with Gasteiger partial charge in [-0.1, -0.05) is 0 Å². The summed E-state index contributed by atoms with van der Waals surface area (Å²) in [6.07, 6.45) is 0.676. The largest absolute Gasteiger partial charge is 0.480 e. The van der Waals surface area contributed by atoms with E-state index in [1.165, 1.54) is 20.2 Å². The maximum Gasteiger partial charge on any atom is 0.228 e. The van der Waals surface area contributed by atoms with E-state index < -0.39 is 0 Å². The zero-order chi connectivity index (χ0) is 18.1. The first-order valence-corrected chi connectivity index (χ1v) is 7.83. The van der Waals surface area contributed by atoms with E-state index in [1.807, 2.05) is 0 Å². The van der Waals surface area contributed by atoms with Gasteiger partial charge in [0.1, 0.15) is 5.69 Å². The number of nitrogens with zero attached hydrogens (tertiary/aromatic N) is 2. The molecule has 1 aliphatic rings. The topological polar surface area (TPSA) is 63.7 Å². The Morgan fingerprint density at radius 2 is 1.78 bits per heavy atom. The summed E-state index contributed by atoms with van der Waals surface area (Å²) in [7, 11) is 6.91. The lowest BCUT2D eigenvalue weighted by Gasteiger charge is -2.21. The number of nitrogens with one attached hydrogen (secondary N) is 1. The fourth-order valence-corrected chi connectivity index (χ4v) is 1.81. The van der Waals surface area contributed by atoms with E-state index >= 15 is 0 Å². The predicted molar refractivity (Wildman–Crippen MR) is 98.4 cm³/mol. The number of aldehydes is 1. The van der Waals surface area contributed by atoms with Crippen molar-refractivity contribution in [2.24, 2.45) is 0 Å². The number of rotatable bonds is 2. The lowest BCUT2D eigenvalue weighted by Crippen LogP contribution is -2.40. The van der Waals surface area contributed by atoms with Gasteiger partial charge in [-0.2, -0.15) is 0 Å². The number of hydrogen-bond donors (Lipinski definition) is 1. The highest BCUT2D eigenvalue weighted by Crippen LogP contribution is 2.21. The third-order valence-electron chi connectivity index (χ3n) is 2.49. The van der Waals surface area contributed by atoms with E-state index in [2.05, 4.69) is 56.1 Å². The number of pyridine rings is 1. The highest BCUT2D eigenvalue weighted by atomic mass is 79.9. The monoisotopic (exact) mass is 389 g/mol. The number of piperazine rings is 1. The molecule has 1 aliphatic heterocycles. The Labute approximate surface area is 148 Å². The van der Waals surface area contributed by atoms with E-state index in [0.717, 1.165) is 17.6 Å². The van der Waals surface area contributed by atoms with Gasteiger partial charge in [-0.3, -0.25) is 4.79 Å². The van der Waals surface area contributed by atoms with Crippen LogP contribution in [0.4, 0.5) is 0 Å². The molecule has 2 rings (SSSR count). The molecule has 0 spiro atoms. The first-order chi connectivity index (χ1) is 11.1. The van der Waals surface area contributed by atoms with Gasteiger partial charge in [0.2, 0.25) is 5.88 Å². The van der Waals surface area contributed by atoms with Crippen LogP contribution in [0, 0.1) is 0 Å². The average Bonchev–Trinajstić information content (AvgIpc) is 2.59. The van der Waals surface area contributed by atoms with E-state index in [4.69, 9.17) is 4.74 Å². The third-order valence-corrected chi connectivity index (χ3v) is 3.09. The SMILES string of the molecule is C=C.CN1CCNCC1.COC.COc1nc(C=O)ccc1Br. The van der Waals surface area contributed by atoms with Crippen molar-refractivity contribution in [2.45, 2.75) is 0 Å². The zero-order valence-corrected chi connectivity index (χ0v) is 16.1. The van der Waals surface area contributed by atoms with E-state index in [1.54, 1.807) is 26.4 Å². The molecule has 0 atom stereocenters. The second-order valence-corrected chi connectivity index (χ2v) is 5.16. The summed E-state index contributed by atoms with van der Waals surface area (Å²) in [6, 6.07) is 3.33. The number of methoxy groups -OCH3 is 2. The Morgan fingerprint density at radius 1 is 1.26 bits per heavy atom. The number of likely N-dealkylation sites (N-methyl/N-ethyl adjacent to an activating group) is 1. The van der Waals surface area contributed by atoms with Crippen molar-refractivity contribution in [1.29, 1.82) is 0 Å². The van der Waals surface area contributed by atoms with Crippen LogP contribution in [0.5, 0.6) is 5.88 Å². The van der Waals surface area contributed by atoms with Gasteiger partial charge in [-0.05, 0) is 35.1 Å². The minimum Gasteiger partial charge on any atom is -0.480 e. The number of hydrogen-bond acceptors (Lipinski definition) is 6. The van der Waals surface area contributed by atoms with Crippen LogP contribution in [-0.2, 0) is 4.74 Å². The number of carbonyl (C=O) groups is 1. The summed E-state index contributed by atoms with van der Waals surface area (Å²) in [5, 5.41) is 3.27. The van der Waals surface area contributed by atoms with Crippen molar-refractivity contribution in [3.05, 3.63) is 35.5 Å². The number of carbonyl (C=O) groups excluding carboxylic acids is 1. The van der Waals surface area contributed by atoms with Crippen molar-refractivity contribution in [3.63, 3.8) is 0 Å². The zero-order valence-electron chi connectivity index (χ0n) is 14.5. The smallest absolute Gasteiger partial charge is 0.228 e. The molecule has 1 N–H and O–H groups in total. The lowest BCUT2D eigenvalue weighted by atomic mass is 10.4. The Balaban J connectivity index is 0. The van der Waals surface area contributed by atoms with Gasteiger partial charge in [0.15, 0.2) is 6.29 Å². The fraction of sp³-hybridized carbons (Fsp3) is 0.500. The summed E-state index contributed by atoms with van der Waals surface area (Å²) in [5.74, 6) is 0.426. The Morgan fingerprint density at radius 3 is 2.13 bits per heavy atom. The molecule has 23 heavy (non-hydrogen) atoms. The van der Waals surface area contributed by atoms with Gasteiger partial charge in [0.05, 0.1) is 11.6 Å². The van der Waals surface area contributed by atoms with Crippen LogP contribution in [-0.4, -0.2) is 70.7 Å². The molecule has 1 aromatic heterocycles. The molecule has 1 aromatic rings. The highest BCUT2D eigenvalue weighted by Gasteiger charge is 2.01. The molecule has 1 fully saturated rings. The molecule has 6 nitrogen and oxygen atoms in total. The predicted octanol–water partition coefficient (Wildman–Crippen LogP) is 2.25. The molecular formula is C16H28BrN3O3. The fourth-order valence-electron chi connectivity index (χ4n) is 1.42. The van der Waals surface area contributed by atoms with E-state index in [0.29, 0.717) is 17.9 Å². The molecule has 132 valence electrons. The van der Waals surface area contributed by atoms with Crippen LogP contribution in [0.25, 0.3) is 0 Å². The van der Waals surface area contributed by atoms with Crippen LogP contribution >= 0.6 is 15.9 Å². The maximum atomic E-state index is 10.3. The van der Waals surface area contributed by atoms with Gasteiger partial charge in [-0.25, -0.2) is 4.98 Å². The number of aromatic nitrogens is 1. The number of ether oxygens (including phenoxy) is 2. The van der Waals surface area contributed by atoms with Gasteiger partial charge in [0.25, 0.3) is 0 Å². The summed E-state index contributed by atoms with van der Waals surface area (Å²) < 4.78 is 9.86. The average molecular weight is 390 g/mol. The van der Waals surface area contributed by atoms with Gasteiger partial charge in [-0.15, -0.1) is 13.2 Å². The second kappa shape index (κ2) is 17.1. The van der Waals surface area contributed by atoms with Gasteiger partial charge in [0, 0.05) is 40.4 Å². The molecule has 0 amide bonds. The van der Waals surface area contributed by atoms with Crippen LogP contribution in [0.3, 0.4) is 0 Å². The van der Waals surface area contributed by atoms with Crippen molar-refractivity contribution in [2.75, 3.05) is 54.6 Å². The second-order valence-electron chi connectivity index (χ2n) is 4.31. The van der Waals surface area contributed by atoms with Gasteiger partial charge < -0.3 is 19.7 Å². The molecule has 1 saturated heterocycles. The molecule has 7 heteroatoms. The minimum absolute atomic E-state index is 0.366. The standard InChI is InChI=1S/C7H6BrNO2.C5H12N2.C2H6O.C2H4/c1-11-7-6(8)3-2-5(4-10)9-7;1-7-4-2-6-3-5-7;1-3-2;1-2/h2-4H,1H3;6H,2-5H2,1H3;1-2H3;1-2H2. The van der Waals surface area contributed by atoms with E-state index in [-0.39, 0.29) is 0 Å². The molecular weight excluding hydrogens is 362 g/mol. The number of halogens is 1. The van der Waals surface area contributed by atoms with Crippen molar-refractivity contribution in [3.8, 4) is 5.88 Å². The summed E-state index contributed by atoms with van der Waals surface area (Å²) >= 11 is 3.22. The van der Waals surface area contributed by atoms with E-state index in [9.17, 15) is 4.79 Å². The first-order valence-electron chi connectivity index (χ1n) is 7.04. The Hall–Kier alpha value is -1.28. The molecule has 0 aromatic carbocycles. The van der Waals surface area contributed by atoms with Crippen LogP contribution in [0.1, 0.15) is 10.5 Å². The molecule has 0 aliphatic carbocycles. The quantitative estimate of drug-likeness (QED) is 0.618.